The van der Waals surface area contributed by atoms with Gasteiger partial charge < -0.3 is 24.4 Å². The summed E-state index contributed by atoms with van der Waals surface area (Å²) in [6.45, 7) is 4.14. The zero-order valence-electron chi connectivity index (χ0n) is 14.3. The minimum absolute atomic E-state index is 0.0826. The Labute approximate surface area is 150 Å². The number of nitrogens with one attached hydrogen (secondary N) is 1. The molecule has 0 aromatic heterocycles. The molecule has 2 heterocycles. The quantitative estimate of drug-likeness (QED) is 0.624. The molecule has 0 aliphatic carbocycles. The molecule has 3 atom stereocenters. The van der Waals surface area contributed by atoms with E-state index in [1.165, 1.54) is 7.11 Å². The number of carbonyl (C=O) groups is 3. The Bertz CT molecular complexity index is 734. The van der Waals surface area contributed by atoms with E-state index in [1.807, 2.05) is 0 Å². The van der Waals surface area contributed by atoms with E-state index in [0.717, 1.165) is 6.08 Å². The summed E-state index contributed by atoms with van der Waals surface area (Å²) < 4.78 is 15.9. The smallest absolute Gasteiger partial charge is 0.336 e. The van der Waals surface area contributed by atoms with Crippen molar-refractivity contribution in [2.24, 2.45) is 0 Å². The maximum Gasteiger partial charge on any atom is 0.336 e. The van der Waals surface area contributed by atoms with E-state index in [4.69, 9.17) is 14.2 Å². The lowest BCUT2D eigenvalue weighted by molar-refractivity contribution is -0.167. The van der Waals surface area contributed by atoms with E-state index in [9.17, 15) is 14.4 Å². The molecule has 1 aromatic carbocycles. The topological polar surface area (TPSA) is 94.2 Å². The Balaban J connectivity index is 1.82. The second-order valence-electron chi connectivity index (χ2n) is 6.02. The minimum Gasteiger partial charge on any atom is -0.467 e. The third-order valence-corrected chi connectivity index (χ3v) is 4.39. The predicted octanol–water partition coefficient (Wildman–Crippen LogP) is 0.592. The van der Waals surface area contributed by atoms with Crippen molar-refractivity contribution in [2.75, 3.05) is 32.2 Å². The molecule has 138 valence electrons. The number of ether oxygens (including phenoxy) is 3. The number of carbonyl (C=O) groups excluding carboxylic acids is 3. The number of fused-ring (bicyclic) bond motifs is 1. The third kappa shape index (κ3) is 3.61. The molecule has 2 aliphatic rings. The lowest BCUT2D eigenvalue weighted by atomic mass is 10.1. The number of amides is 2. The standard InChI is InChI=1S/C18H20N2O6/c1-3-16(21)19-12-6-4-5-11(7-12)17(22)20-8-14(18(23)24-2)26-15-10-25-9-13(15)20/h3-7,13-15H,1,8-10H2,2H3,(H,19,21)/t13-,14?,15-/m1/s1. The molecule has 26 heavy (non-hydrogen) atoms. The summed E-state index contributed by atoms with van der Waals surface area (Å²) in [6.07, 6.45) is -0.0752. The molecular weight excluding hydrogens is 340 g/mol. The summed E-state index contributed by atoms with van der Waals surface area (Å²) in [7, 11) is 1.28. The van der Waals surface area contributed by atoms with Crippen molar-refractivity contribution in [3.8, 4) is 0 Å². The summed E-state index contributed by atoms with van der Waals surface area (Å²) in [5.74, 6) is -1.16. The zero-order chi connectivity index (χ0) is 18.7. The highest BCUT2D eigenvalue weighted by molar-refractivity contribution is 6.01. The van der Waals surface area contributed by atoms with Gasteiger partial charge in [-0.15, -0.1) is 0 Å². The van der Waals surface area contributed by atoms with Crippen molar-refractivity contribution in [1.29, 1.82) is 0 Å². The molecule has 8 heteroatoms. The first-order valence-corrected chi connectivity index (χ1v) is 8.19. The number of rotatable bonds is 4. The van der Waals surface area contributed by atoms with Gasteiger partial charge in [0.15, 0.2) is 6.10 Å². The second-order valence-corrected chi connectivity index (χ2v) is 6.02. The molecular formula is C18H20N2O6. The highest BCUT2D eigenvalue weighted by Crippen LogP contribution is 2.26. The number of methoxy groups -OCH3 is 1. The lowest BCUT2D eigenvalue weighted by Gasteiger charge is -2.39. The molecule has 2 aliphatic heterocycles. The van der Waals surface area contributed by atoms with Crippen LogP contribution in [0.2, 0.25) is 0 Å². The number of esters is 1. The molecule has 0 saturated carbocycles. The van der Waals surface area contributed by atoms with Crippen LogP contribution in [0.5, 0.6) is 0 Å². The van der Waals surface area contributed by atoms with Crippen LogP contribution in [-0.4, -0.2) is 67.8 Å². The van der Waals surface area contributed by atoms with Crippen molar-refractivity contribution in [1.82, 2.24) is 4.90 Å². The van der Waals surface area contributed by atoms with Crippen molar-refractivity contribution in [3.63, 3.8) is 0 Å². The maximum absolute atomic E-state index is 13.0. The van der Waals surface area contributed by atoms with Gasteiger partial charge in [0, 0.05) is 11.3 Å². The highest BCUT2D eigenvalue weighted by Gasteiger charge is 2.45. The van der Waals surface area contributed by atoms with Crippen LogP contribution in [0.25, 0.3) is 0 Å². The number of benzene rings is 1. The molecule has 8 nitrogen and oxygen atoms in total. The summed E-state index contributed by atoms with van der Waals surface area (Å²) in [5, 5.41) is 2.62. The van der Waals surface area contributed by atoms with E-state index in [2.05, 4.69) is 11.9 Å². The van der Waals surface area contributed by atoms with Crippen LogP contribution in [0.15, 0.2) is 36.9 Å². The Morgan fingerprint density at radius 2 is 2.15 bits per heavy atom. The SMILES string of the molecule is C=CC(=O)Nc1cccc(C(=O)N2CC(C(=O)OC)O[C@@H]3COC[C@H]32)c1. The summed E-state index contributed by atoms with van der Waals surface area (Å²) in [6, 6.07) is 6.31. The fourth-order valence-electron chi connectivity index (χ4n) is 3.10. The van der Waals surface area contributed by atoms with Crippen LogP contribution < -0.4 is 5.32 Å². The summed E-state index contributed by atoms with van der Waals surface area (Å²) >= 11 is 0. The van der Waals surface area contributed by atoms with Gasteiger partial charge >= 0.3 is 5.97 Å². The first-order valence-electron chi connectivity index (χ1n) is 8.19. The molecule has 1 unspecified atom stereocenters. The number of hydrogen-bond acceptors (Lipinski definition) is 6. The molecule has 2 saturated heterocycles. The van der Waals surface area contributed by atoms with Crippen molar-refractivity contribution in [3.05, 3.63) is 42.5 Å². The average Bonchev–Trinajstić information content (AvgIpc) is 3.14. The molecule has 1 aromatic rings. The molecule has 0 spiro atoms. The Hall–Kier alpha value is -2.71. The van der Waals surface area contributed by atoms with Crippen molar-refractivity contribution in [2.45, 2.75) is 18.2 Å². The number of morpholine rings is 1. The van der Waals surface area contributed by atoms with Crippen LogP contribution in [0.4, 0.5) is 5.69 Å². The van der Waals surface area contributed by atoms with Gasteiger partial charge in [-0.3, -0.25) is 9.59 Å². The van der Waals surface area contributed by atoms with Gasteiger partial charge in [0.05, 0.1) is 32.9 Å². The first kappa shape index (κ1) is 18.1. The van der Waals surface area contributed by atoms with Crippen molar-refractivity contribution < 1.29 is 28.6 Å². The van der Waals surface area contributed by atoms with E-state index >= 15 is 0 Å². The summed E-state index contributed by atoms with van der Waals surface area (Å²) in [4.78, 5) is 38.0. The molecule has 0 bridgehead atoms. The number of anilines is 1. The Kier molecular flexibility index (Phi) is 5.34. The largest absolute Gasteiger partial charge is 0.467 e. The maximum atomic E-state index is 13.0. The van der Waals surface area contributed by atoms with E-state index in [0.29, 0.717) is 24.5 Å². The van der Waals surface area contributed by atoms with Crippen LogP contribution in [0.1, 0.15) is 10.4 Å². The van der Waals surface area contributed by atoms with Gasteiger partial charge in [-0.1, -0.05) is 12.6 Å². The van der Waals surface area contributed by atoms with Crippen LogP contribution in [-0.2, 0) is 23.8 Å². The van der Waals surface area contributed by atoms with Crippen LogP contribution in [0.3, 0.4) is 0 Å². The van der Waals surface area contributed by atoms with Crippen LogP contribution >= 0.6 is 0 Å². The monoisotopic (exact) mass is 360 g/mol. The molecule has 1 N–H and O–H groups in total. The minimum atomic E-state index is -0.851. The van der Waals surface area contributed by atoms with Crippen molar-refractivity contribution >= 4 is 23.5 Å². The lowest BCUT2D eigenvalue weighted by Crippen LogP contribution is -2.58. The van der Waals surface area contributed by atoms with E-state index in [-0.39, 0.29) is 30.5 Å². The zero-order valence-corrected chi connectivity index (χ0v) is 14.3. The van der Waals surface area contributed by atoms with Gasteiger partial charge in [-0.25, -0.2) is 4.79 Å². The van der Waals surface area contributed by atoms with Gasteiger partial charge in [0.1, 0.15) is 6.10 Å². The Morgan fingerprint density at radius 1 is 1.35 bits per heavy atom. The highest BCUT2D eigenvalue weighted by atomic mass is 16.6. The first-order chi connectivity index (χ1) is 12.5. The van der Waals surface area contributed by atoms with E-state index < -0.39 is 12.1 Å². The molecule has 0 radical (unpaired) electrons. The predicted molar refractivity (Wildman–Crippen MR) is 91.6 cm³/mol. The van der Waals surface area contributed by atoms with Gasteiger partial charge in [-0.05, 0) is 24.3 Å². The van der Waals surface area contributed by atoms with Gasteiger partial charge in [0.25, 0.3) is 5.91 Å². The van der Waals surface area contributed by atoms with E-state index in [1.54, 1.807) is 29.2 Å². The normalized spacial score (nSPS) is 24.5. The second kappa shape index (κ2) is 7.67. The molecule has 2 fully saturated rings. The third-order valence-electron chi connectivity index (χ3n) is 4.39. The molecule has 2 amide bonds. The fraction of sp³-hybridized carbons (Fsp3) is 0.389. The molecule has 3 rings (SSSR count). The number of nitrogens with zero attached hydrogens (tertiary/aromatic N) is 1. The van der Waals surface area contributed by atoms with Gasteiger partial charge in [0.2, 0.25) is 5.91 Å². The Morgan fingerprint density at radius 3 is 2.88 bits per heavy atom. The summed E-state index contributed by atoms with van der Waals surface area (Å²) in [5.41, 5.74) is 0.876. The fourth-order valence-corrected chi connectivity index (χ4v) is 3.10. The number of hydrogen-bond donors (Lipinski definition) is 1. The van der Waals surface area contributed by atoms with Crippen LogP contribution in [0, 0.1) is 0 Å². The van der Waals surface area contributed by atoms with Gasteiger partial charge in [-0.2, -0.15) is 0 Å². The average molecular weight is 360 g/mol.